The van der Waals surface area contributed by atoms with Crippen molar-refractivity contribution in [2.24, 2.45) is 0 Å². The molecule has 0 saturated carbocycles. The zero-order valence-corrected chi connectivity index (χ0v) is 12.3. The Hall–Kier alpha value is -1.35. The summed E-state index contributed by atoms with van der Waals surface area (Å²) in [5.41, 5.74) is 3.61. The molecule has 0 aliphatic rings. The number of rotatable bonds is 4. The number of aromatic nitrogens is 1. The van der Waals surface area contributed by atoms with Crippen LogP contribution < -0.4 is 5.32 Å². The highest BCUT2D eigenvalue weighted by Crippen LogP contribution is 2.26. The normalized spacial score (nSPS) is 10.4. The number of para-hydroxylation sites is 1. The van der Waals surface area contributed by atoms with E-state index in [2.05, 4.69) is 57.4 Å². The number of hydrogen-bond acceptors (Lipinski definition) is 2. The smallest absolute Gasteiger partial charge is 0.144 e. The van der Waals surface area contributed by atoms with Gasteiger partial charge in [0.1, 0.15) is 5.82 Å². The van der Waals surface area contributed by atoms with E-state index in [-0.39, 0.29) is 0 Å². The molecule has 0 saturated heterocycles. The van der Waals surface area contributed by atoms with Gasteiger partial charge in [-0.1, -0.05) is 31.5 Å². The SMILES string of the molecule is CCCc1ccccc1Nc1ncc(C)cc1Br. The van der Waals surface area contributed by atoms with Crippen molar-refractivity contribution in [3.8, 4) is 0 Å². The van der Waals surface area contributed by atoms with Gasteiger partial charge in [-0.15, -0.1) is 0 Å². The van der Waals surface area contributed by atoms with Gasteiger partial charge in [0.05, 0.1) is 4.47 Å². The predicted molar refractivity (Wildman–Crippen MR) is 80.4 cm³/mol. The fourth-order valence-electron chi connectivity index (χ4n) is 1.88. The Morgan fingerprint density at radius 2 is 2.06 bits per heavy atom. The highest BCUT2D eigenvalue weighted by Gasteiger charge is 2.05. The summed E-state index contributed by atoms with van der Waals surface area (Å²) in [7, 11) is 0. The summed E-state index contributed by atoms with van der Waals surface area (Å²) >= 11 is 3.54. The predicted octanol–water partition coefficient (Wildman–Crippen LogP) is 4.85. The third-order valence-corrected chi connectivity index (χ3v) is 3.37. The highest BCUT2D eigenvalue weighted by molar-refractivity contribution is 9.10. The van der Waals surface area contributed by atoms with E-state index in [4.69, 9.17) is 0 Å². The van der Waals surface area contributed by atoms with E-state index in [1.807, 2.05) is 19.2 Å². The molecular weight excluding hydrogens is 288 g/mol. The molecule has 0 fully saturated rings. The number of pyridine rings is 1. The second-order valence-corrected chi connectivity index (χ2v) is 5.23. The largest absolute Gasteiger partial charge is 0.339 e. The van der Waals surface area contributed by atoms with Crippen LogP contribution in [0.5, 0.6) is 0 Å². The van der Waals surface area contributed by atoms with Crippen LogP contribution in [-0.4, -0.2) is 4.98 Å². The van der Waals surface area contributed by atoms with Crippen molar-refractivity contribution in [3.63, 3.8) is 0 Å². The van der Waals surface area contributed by atoms with Crippen LogP contribution in [0.4, 0.5) is 11.5 Å². The van der Waals surface area contributed by atoms with Gasteiger partial charge in [0.2, 0.25) is 0 Å². The second-order valence-electron chi connectivity index (χ2n) is 4.38. The van der Waals surface area contributed by atoms with Gasteiger partial charge in [-0.2, -0.15) is 0 Å². The van der Waals surface area contributed by atoms with E-state index in [1.165, 1.54) is 5.56 Å². The number of nitrogens with one attached hydrogen (secondary N) is 1. The lowest BCUT2D eigenvalue weighted by molar-refractivity contribution is 0.923. The molecule has 0 unspecified atom stereocenters. The first-order valence-electron chi connectivity index (χ1n) is 6.17. The Morgan fingerprint density at radius 1 is 1.28 bits per heavy atom. The van der Waals surface area contributed by atoms with E-state index in [9.17, 15) is 0 Å². The number of benzene rings is 1. The maximum Gasteiger partial charge on any atom is 0.144 e. The minimum absolute atomic E-state index is 0.865. The zero-order valence-electron chi connectivity index (χ0n) is 10.7. The van der Waals surface area contributed by atoms with E-state index in [0.717, 1.165) is 34.4 Å². The van der Waals surface area contributed by atoms with Crippen molar-refractivity contribution in [3.05, 3.63) is 52.1 Å². The maximum absolute atomic E-state index is 4.42. The molecule has 2 rings (SSSR count). The first-order chi connectivity index (χ1) is 8.70. The molecule has 0 amide bonds. The molecule has 0 aliphatic heterocycles. The van der Waals surface area contributed by atoms with Crippen LogP contribution in [0, 0.1) is 6.92 Å². The molecule has 1 aromatic heterocycles. The molecule has 94 valence electrons. The van der Waals surface area contributed by atoms with Crippen LogP contribution in [0.3, 0.4) is 0 Å². The number of hydrogen-bond donors (Lipinski definition) is 1. The van der Waals surface area contributed by atoms with Gasteiger partial charge in [0.15, 0.2) is 0 Å². The minimum atomic E-state index is 0.865. The average Bonchev–Trinajstić information content (AvgIpc) is 2.35. The molecule has 0 radical (unpaired) electrons. The standard InChI is InChI=1S/C15H17BrN2/c1-3-6-12-7-4-5-8-14(12)18-15-13(16)9-11(2)10-17-15/h4-5,7-10H,3,6H2,1-2H3,(H,17,18). The molecule has 0 aliphatic carbocycles. The molecule has 1 aromatic carbocycles. The molecule has 1 heterocycles. The number of anilines is 2. The third-order valence-electron chi connectivity index (χ3n) is 2.77. The van der Waals surface area contributed by atoms with Crippen LogP contribution in [0.25, 0.3) is 0 Å². The molecular formula is C15H17BrN2. The Morgan fingerprint density at radius 3 is 2.78 bits per heavy atom. The van der Waals surface area contributed by atoms with Gasteiger partial charge in [0, 0.05) is 11.9 Å². The number of nitrogens with zero attached hydrogens (tertiary/aromatic N) is 1. The summed E-state index contributed by atoms with van der Waals surface area (Å²) < 4.78 is 0.994. The quantitative estimate of drug-likeness (QED) is 0.873. The Labute approximate surface area is 117 Å². The van der Waals surface area contributed by atoms with Crippen molar-refractivity contribution in [1.29, 1.82) is 0 Å². The van der Waals surface area contributed by atoms with Crippen molar-refractivity contribution >= 4 is 27.4 Å². The van der Waals surface area contributed by atoms with Crippen molar-refractivity contribution in [2.75, 3.05) is 5.32 Å². The fraction of sp³-hybridized carbons (Fsp3) is 0.267. The summed E-state index contributed by atoms with van der Waals surface area (Å²) in [6.45, 7) is 4.23. The van der Waals surface area contributed by atoms with Crippen molar-refractivity contribution in [1.82, 2.24) is 4.98 Å². The van der Waals surface area contributed by atoms with Gasteiger partial charge in [-0.25, -0.2) is 4.98 Å². The summed E-state index contributed by atoms with van der Waals surface area (Å²) in [6.07, 6.45) is 4.09. The topological polar surface area (TPSA) is 24.9 Å². The fourth-order valence-corrected chi connectivity index (χ4v) is 2.45. The molecule has 2 aromatic rings. The summed E-state index contributed by atoms with van der Waals surface area (Å²) in [5.74, 6) is 0.865. The molecule has 0 bridgehead atoms. The van der Waals surface area contributed by atoms with E-state index in [1.54, 1.807) is 0 Å². The van der Waals surface area contributed by atoms with Crippen molar-refractivity contribution in [2.45, 2.75) is 26.7 Å². The van der Waals surface area contributed by atoms with E-state index < -0.39 is 0 Å². The lowest BCUT2D eigenvalue weighted by atomic mass is 10.1. The summed E-state index contributed by atoms with van der Waals surface area (Å²) in [6, 6.07) is 10.4. The molecule has 3 heteroatoms. The summed E-state index contributed by atoms with van der Waals surface area (Å²) in [4.78, 5) is 4.42. The van der Waals surface area contributed by atoms with Crippen LogP contribution in [-0.2, 0) is 6.42 Å². The van der Waals surface area contributed by atoms with Gasteiger partial charge in [-0.3, -0.25) is 0 Å². The maximum atomic E-state index is 4.42. The van der Waals surface area contributed by atoms with Crippen LogP contribution in [0.2, 0.25) is 0 Å². The Kier molecular flexibility index (Phi) is 4.37. The van der Waals surface area contributed by atoms with Gasteiger partial charge in [0.25, 0.3) is 0 Å². The first-order valence-corrected chi connectivity index (χ1v) is 6.97. The van der Waals surface area contributed by atoms with Crippen LogP contribution in [0.15, 0.2) is 41.0 Å². The van der Waals surface area contributed by atoms with E-state index in [0.29, 0.717) is 0 Å². The average molecular weight is 305 g/mol. The highest BCUT2D eigenvalue weighted by atomic mass is 79.9. The van der Waals surface area contributed by atoms with E-state index >= 15 is 0 Å². The second kappa shape index (κ2) is 6.01. The number of aryl methyl sites for hydroxylation is 2. The lowest BCUT2D eigenvalue weighted by Crippen LogP contribution is -1.98. The van der Waals surface area contributed by atoms with Gasteiger partial charge >= 0.3 is 0 Å². The summed E-state index contributed by atoms with van der Waals surface area (Å²) in [5, 5.41) is 3.39. The Bertz CT molecular complexity index is 538. The third kappa shape index (κ3) is 3.10. The minimum Gasteiger partial charge on any atom is -0.339 e. The van der Waals surface area contributed by atoms with Crippen LogP contribution >= 0.6 is 15.9 Å². The number of halogens is 1. The lowest BCUT2D eigenvalue weighted by Gasteiger charge is -2.12. The first kappa shape index (κ1) is 13.1. The molecule has 18 heavy (non-hydrogen) atoms. The van der Waals surface area contributed by atoms with Gasteiger partial charge in [-0.05, 0) is 52.5 Å². The van der Waals surface area contributed by atoms with Gasteiger partial charge < -0.3 is 5.32 Å². The molecule has 2 nitrogen and oxygen atoms in total. The molecule has 1 N–H and O–H groups in total. The molecule has 0 atom stereocenters. The zero-order chi connectivity index (χ0) is 13.0. The van der Waals surface area contributed by atoms with Crippen LogP contribution in [0.1, 0.15) is 24.5 Å². The molecule has 0 spiro atoms. The van der Waals surface area contributed by atoms with Crippen molar-refractivity contribution < 1.29 is 0 Å². The Balaban J connectivity index is 2.28. The monoisotopic (exact) mass is 304 g/mol.